The number of benzene rings is 1. The lowest BCUT2D eigenvalue weighted by Gasteiger charge is -2.22. The molecule has 0 unspecified atom stereocenters. The standard InChI is InChI=1S/C15H22N2O2/c18-15(7-6-13-8-10-16-11-9-13)17-19-12-14-4-2-1-3-5-14/h1-5,13,16H,6-12H2,(H,17,18). The molecule has 2 N–H and O–H groups in total. The van der Waals surface area contributed by atoms with Gasteiger partial charge in [0.2, 0.25) is 5.91 Å². The predicted octanol–water partition coefficient (Wildman–Crippen LogP) is 2.01. The zero-order chi connectivity index (χ0) is 13.3. The zero-order valence-electron chi connectivity index (χ0n) is 11.2. The largest absolute Gasteiger partial charge is 0.317 e. The molecule has 0 spiro atoms. The second-order valence-electron chi connectivity index (χ2n) is 5.03. The van der Waals surface area contributed by atoms with Crippen LogP contribution < -0.4 is 10.8 Å². The van der Waals surface area contributed by atoms with E-state index >= 15 is 0 Å². The highest BCUT2D eigenvalue weighted by atomic mass is 16.6. The first kappa shape index (κ1) is 14.0. The van der Waals surface area contributed by atoms with E-state index < -0.39 is 0 Å². The van der Waals surface area contributed by atoms with Crippen molar-refractivity contribution < 1.29 is 9.63 Å². The lowest BCUT2D eigenvalue weighted by atomic mass is 9.93. The third-order valence-corrected chi connectivity index (χ3v) is 3.51. The van der Waals surface area contributed by atoms with Gasteiger partial charge in [-0.15, -0.1) is 0 Å². The van der Waals surface area contributed by atoms with Gasteiger partial charge in [-0.05, 0) is 43.8 Å². The number of carbonyl (C=O) groups excluding carboxylic acids is 1. The second kappa shape index (κ2) is 7.92. The van der Waals surface area contributed by atoms with E-state index in [-0.39, 0.29) is 5.91 Å². The molecule has 19 heavy (non-hydrogen) atoms. The van der Waals surface area contributed by atoms with Crippen molar-refractivity contribution in [2.75, 3.05) is 13.1 Å². The van der Waals surface area contributed by atoms with E-state index in [1.807, 2.05) is 30.3 Å². The van der Waals surface area contributed by atoms with Gasteiger partial charge in [0.15, 0.2) is 0 Å². The second-order valence-corrected chi connectivity index (χ2v) is 5.03. The van der Waals surface area contributed by atoms with E-state index in [0.29, 0.717) is 18.9 Å². The molecule has 4 nitrogen and oxygen atoms in total. The fourth-order valence-electron chi connectivity index (χ4n) is 2.33. The fourth-order valence-corrected chi connectivity index (χ4v) is 2.33. The Bertz CT molecular complexity index is 375. The van der Waals surface area contributed by atoms with Gasteiger partial charge >= 0.3 is 0 Å². The number of hydrogen-bond acceptors (Lipinski definition) is 3. The van der Waals surface area contributed by atoms with E-state index in [0.717, 1.165) is 25.1 Å². The summed E-state index contributed by atoms with van der Waals surface area (Å²) in [5, 5.41) is 3.33. The van der Waals surface area contributed by atoms with Crippen molar-refractivity contribution in [3.8, 4) is 0 Å². The van der Waals surface area contributed by atoms with E-state index in [2.05, 4.69) is 10.8 Å². The van der Waals surface area contributed by atoms with Crippen LogP contribution in [0.15, 0.2) is 30.3 Å². The van der Waals surface area contributed by atoms with Crippen LogP contribution in [-0.2, 0) is 16.2 Å². The highest BCUT2D eigenvalue weighted by Crippen LogP contribution is 2.17. The Hall–Kier alpha value is -1.39. The van der Waals surface area contributed by atoms with Gasteiger partial charge in [0, 0.05) is 6.42 Å². The van der Waals surface area contributed by atoms with Gasteiger partial charge in [-0.25, -0.2) is 5.48 Å². The maximum absolute atomic E-state index is 11.6. The molecule has 0 saturated carbocycles. The van der Waals surface area contributed by atoms with Crippen LogP contribution in [0.3, 0.4) is 0 Å². The van der Waals surface area contributed by atoms with Gasteiger partial charge in [-0.2, -0.15) is 0 Å². The Morgan fingerprint density at radius 1 is 1.26 bits per heavy atom. The average molecular weight is 262 g/mol. The van der Waals surface area contributed by atoms with Gasteiger partial charge in [0.1, 0.15) is 0 Å². The van der Waals surface area contributed by atoms with E-state index in [4.69, 9.17) is 4.84 Å². The molecule has 0 radical (unpaired) electrons. The van der Waals surface area contributed by atoms with Crippen molar-refractivity contribution in [3.63, 3.8) is 0 Å². The molecular weight excluding hydrogens is 240 g/mol. The Morgan fingerprint density at radius 3 is 2.74 bits per heavy atom. The molecule has 104 valence electrons. The summed E-state index contributed by atoms with van der Waals surface area (Å²) in [6.07, 6.45) is 3.87. The van der Waals surface area contributed by atoms with Crippen LogP contribution in [0.1, 0.15) is 31.2 Å². The van der Waals surface area contributed by atoms with E-state index in [9.17, 15) is 4.79 Å². The minimum absolute atomic E-state index is 0.0190. The molecule has 1 aromatic carbocycles. The van der Waals surface area contributed by atoms with Crippen LogP contribution in [0.4, 0.5) is 0 Å². The summed E-state index contributed by atoms with van der Waals surface area (Å²) in [6, 6.07) is 9.82. The van der Waals surface area contributed by atoms with Crippen molar-refractivity contribution in [3.05, 3.63) is 35.9 Å². The zero-order valence-corrected chi connectivity index (χ0v) is 11.2. The molecule has 1 heterocycles. The number of rotatable bonds is 6. The third kappa shape index (κ3) is 5.41. The Labute approximate surface area is 114 Å². The molecule has 2 rings (SSSR count). The summed E-state index contributed by atoms with van der Waals surface area (Å²) in [6.45, 7) is 2.58. The Kier molecular flexibility index (Phi) is 5.85. The predicted molar refractivity (Wildman–Crippen MR) is 74.2 cm³/mol. The van der Waals surface area contributed by atoms with Crippen molar-refractivity contribution in [1.29, 1.82) is 0 Å². The quantitative estimate of drug-likeness (QED) is 0.771. The minimum atomic E-state index is -0.0190. The SMILES string of the molecule is O=C(CCC1CCNCC1)NOCc1ccccc1. The molecule has 1 amide bonds. The smallest absolute Gasteiger partial charge is 0.243 e. The summed E-state index contributed by atoms with van der Waals surface area (Å²) >= 11 is 0. The van der Waals surface area contributed by atoms with Crippen LogP contribution in [0.5, 0.6) is 0 Å². The topological polar surface area (TPSA) is 50.4 Å². The number of carbonyl (C=O) groups is 1. The summed E-state index contributed by atoms with van der Waals surface area (Å²) < 4.78 is 0. The summed E-state index contributed by atoms with van der Waals surface area (Å²) in [4.78, 5) is 16.8. The lowest BCUT2D eigenvalue weighted by molar-refractivity contribution is -0.134. The number of amides is 1. The normalized spacial score (nSPS) is 16.2. The van der Waals surface area contributed by atoms with Gasteiger partial charge in [0.25, 0.3) is 0 Å². The van der Waals surface area contributed by atoms with Crippen LogP contribution in [-0.4, -0.2) is 19.0 Å². The van der Waals surface area contributed by atoms with Gasteiger partial charge in [0.05, 0.1) is 6.61 Å². The highest BCUT2D eigenvalue weighted by Gasteiger charge is 2.14. The summed E-state index contributed by atoms with van der Waals surface area (Å²) in [5.41, 5.74) is 3.57. The molecule has 1 aliphatic heterocycles. The third-order valence-electron chi connectivity index (χ3n) is 3.51. The van der Waals surface area contributed by atoms with Crippen LogP contribution in [0.2, 0.25) is 0 Å². The lowest BCUT2D eigenvalue weighted by Crippen LogP contribution is -2.29. The monoisotopic (exact) mass is 262 g/mol. The van der Waals surface area contributed by atoms with Crippen molar-refractivity contribution in [1.82, 2.24) is 10.8 Å². The molecule has 1 saturated heterocycles. The summed E-state index contributed by atoms with van der Waals surface area (Å²) in [5.74, 6) is 0.663. The molecule has 1 aliphatic rings. The van der Waals surface area contributed by atoms with Gasteiger partial charge in [-0.1, -0.05) is 30.3 Å². The van der Waals surface area contributed by atoms with Gasteiger partial charge in [-0.3, -0.25) is 9.63 Å². The van der Waals surface area contributed by atoms with Crippen LogP contribution in [0, 0.1) is 5.92 Å². The molecular formula is C15H22N2O2. The van der Waals surface area contributed by atoms with Crippen molar-refractivity contribution >= 4 is 5.91 Å². The molecule has 0 bridgehead atoms. The van der Waals surface area contributed by atoms with Crippen molar-refractivity contribution in [2.24, 2.45) is 5.92 Å². The maximum Gasteiger partial charge on any atom is 0.243 e. The van der Waals surface area contributed by atoms with E-state index in [1.165, 1.54) is 12.8 Å². The van der Waals surface area contributed by atoms with Gasteiger partial charge < -0.3 is 5.32 Å². The molecule has 4 heteroatoms. The Morgan fingerprint density at radius 2 is 2.00 bits per heavy atom. The highest BCUT2D eigenvalue weighted by molar-refractivity contribution is 5.74. The number of nitrogens with one attached hydrogen (secondary N) is 2. The molecule has 0 aromatic heterocycles. The number of piperidine rings is 1. The average Bonchev–Trinajstić information content (AvgIpc) is 2.47. The minimum Gasteiger partial charge on any atom is -0.317 e. The number of hydrogen-bond donors (Lipinski definition) is 2. The van der Waals surface area contributed by atoms with Crippen molar-refractivity contribution in [2.45, 2.75) is 32.3 Å². The molecule has 1 fully saturated rings. The van der Waals surface area contributed by atoms with Crippen LogP contribution >= 0.6 is 0 Å². The number of hydroxylamine groups is 1. The molecule has 0 atom stereocenters. The first-order valence-corrected chi connectivity index (χ1v) is 7.00. The Balaban J connectivity index is 1.57. The van der Waals surface area contributed by atoms with Crippen LogP contribution in [0.25, 0.3) is 0 Å². The first-order chi connectivity index (χ1) is 9.34. The first-order valence-electron chi connectivity index (χ1n) is 7.00. The molecule has 0 aliphatic carbocycles. The van der Waals surface area contributed by atoms with E-state index in [1.54, 1.807) is 0 Å². The molecule has 1 aromatic rings. The fraction of sp³-hybridized carbons (Fsp3) is 0.533. The summed E-state index contributed by atoms with van der Waals surface area (Å²) in [7, 11) is 0. The maximum atomic E-state index is 11.6.